The van der Waals surface area contributed by atoms with E-state index in [1.165, 1.54) is 6.07 Å². The van der Waals surface area contributed by atoms with Crippen molar-refractivity contribution < 1.29 is 8.78 Å². The van der Waals surface area contributed by atoms with Crippen molar-refractivity contribution >= 4 is 0 Å². The van der Waals surface area contributed by atoms with E-state index in [9.17, 15) is 8.78 Å². The smallest absolute Gasteiger partial charge is 0.129 e. The van der Waals surface area contributed by atoms with Gasteiger partial charge in [-0.3, -0.25) is 0 Å². The summed E-state index contributed by atoms with van der Waals surface area (Å²) in [6.07, 6.45) is 4.53. The van der Waals surface area contributed by atoms with E-state index in [1.807, 2.05) is 6.42 Å². The molecule has 0 bridgehead atoms. The largest absolute Gasteiger partial charge is 0.207 e. The summed E-state index contributed by atoms with van der Waals surface area (Å²) in [4.78, 5) is 0. The summed E-state index contributed by atoms with van der Waals surface area (Å²) >= 11 is 0. The van der Waals surface area contributed by atoms with Crippen molar-refractivity contribution in [3.8, 4) is 0 Å². The first kappa shape index (κ1) is 7.71. The molecule has 0 saturated heterocycles. The van der Waals surface area contributed by atoms with Crippen molar-refractivity contribution in [2.75, 3.05) is 0 Å². The average Bonchev–Trinajstić information content (AvgIpc) is 2.04. The first-order valence-electron chi connectivity index (χ1n) is 4.08. The fourth-order valence-electron chi connectivity index (χ4n) is 1.61. The number of rotatable bonds is 0. The minimum absolute atomic E-state index is 0.426. The van der Waals surface area contributed by atoms with Crippen LogP contribution in [0, 0.1) is 18.1 Å². The van der Waals surface area contributed by atoms with Crippen LogP contribution in [-0.4, -0.2) is 0 Å². The second-order valence-electron chi connectivity index (χ2n) is 3.06. The Balaban J connectivity index is 2.53. The molecule has 0 aliphatic heterocycles. The Kier molecular flexibility index (Phi) is 1.83. The molecular weight excluding hydrogens is 158 g/mol. The topological polar surface area (TPSA) is 0 Å². The van der Waals surface area contributed by atoms with Crippen LogP contribution >= 0.6 is 0 Å². The lowest BCUT2D eigenvalue weighted by Crippen LogP contribution is -2.04. The van der Waals surface area contributed by atoms with Crippen molar-refractivity contribution in [1.29, 1.82) is 0 Å². The Morgan fingerprint density at radius 3 is 2.83 bits per heavy atom. The van der Waals surface area contributed by atoms with E-state index in [0.717, 1.165) is 30.9 Å². The zero-order valence-electron chi connectivity index (χ0n) is 6.61. The fourth-order valence-corrected chi connectivity index (χ4v) is 1.61. The molecule has 1 radical (unpaired) electrons. The third-order valence-corrected chi connectivity index (χ3v) is 2.18. The van der Waals surface area contributed by atoms with Gasteiger partial charge in [-0.2, -0.15) is 0 Å². The Labute approximate surface area is 70.2 Å². The lowest BCUT2D eigenvalue weighted by atomic mass is 9.91. The quantitative estimate of drug-likeness (QED) is 0.557. The Morgan fingerprint density at radius 1 is 1.17 bits per heavy atom. The molecule has 1 aromatic rings. The number of benzene rings is 1. The minimum atomic E-state index is -0.471. The van der Waals surface area contributed by atoms with Crippen LogP contribution < -0.4 is 0 Å². The number of hydrogen-bond donors (Lipinski definition) is 0. The fraction of sp³-hybridized carbons (Fsp3) is 0.300. The van der Waals surface area contributed by atoms with Gasteiger partial charge in [0.25, 0.3) is 0 Å². The number of fused-ring (bicyclic) bond motifs is 1. The molecule has 0 aromatic heterocycles. The van der Waals surface area contributed by atoms with Crippen molar-refractivity contribution in [3.05, 3.63) is 41.3 Å². The van der Waals surface area contributed by atoms with Crippen LogP contribution in [0.5, 0.6) is 0 Å². The highest BCUT2D eigenvalue weighted by Crippen LogP contribution is 2.25. The molecule has 0 saturated carbocycles. The molecule has 1 aliphatic carbocycles. The molecule has 0 amide bonds. The van der Waals surface area contributed by atoms with Crippen LogP contribution in [0.1, 0.15) is 24.0 Å². The highest BCUT2D eigenvalue weighted by molar-refractivity contribution is 5.36. The lowest BCUT2D eigenvalue weighted by Gasteiger charge is -2.15. The maximum atomic E-state index is 13.1. The van der Waals surface area contributed by atoms with E-state index < -0.39 is 11.6 Å². The summed E-state index contributed by atoms with van der Waals surface area (Å²) in [5.41, 5.74) is 1.40. The maximum Gasteiger partial charge on any atom is 0.129 e. The minimum Gasteiger partial charge on any atom is -0.207 e. The van der Waals surface area contributed by atoms with Crippen LogP contribution in [-0.2, 0) is 6.42 Å². The van der Waals surface area contributed by atoms with Gasteiger partial charge in [-0.25, -0.2) is 8.78 Å². The van der Waals surface area contributed by atoms with E-state index in [1.54, 1.807) is 0 Å². The maximum absolute atomic E-state index is 13.1. The van der Waals surface area contributed by atoms with E-state index in [0.29, 0.717) is 5.56 Å². The average molecular weight is 167 g/mol. The molecule has 0 unspecified atom stereocenters. The van der Waals surface area contributed by atoms with Crippen LogP contribution in [0.25, 0.3) is 0 Å². The van der Waals surface area contributed by atoms with Gasteiger partial charge in [0, 0.05) is 6.07 Å². The van der Waals surface area contributed by atoms with E-state index in [2.05, 4.69) is 0 Å². The van der Waals surface area contributed by atoms with Crippen LogP contribution in [0.2, 0.25) is 0 Å². The van der Waals surface area contributed by atoms with E-state index >= 15 is 0 Å². The van der Waals surface area contributed by atoms with Crippen LogP contribution in [0.15, 0.2) is 12.1 Å². The van der Waals surface area contributed by atoms with Gasteiger partial charge < -0.3 is 0 Å². The Bertz CT molecular complexity index is 305. The third kappa shape index (κ3) is 1.22. The van der Waals surface area contributed by atoms with Gasteiger partial charge in [0.2, 0.25) is 0 Å². The Hall–Kier alpha value is -0.920. The zero-order chi connectivity index (χ0) is 8.55. The van der Waals surface area contributed by atoms with Crippen LogP contribution in [0.4, 0.5) is 8.78 Å². The highest BCUT2D eigenvalue weighted by Gasteiger charge is 2.14. The molecule has 0 nitrogen and oxygen atoms in total. The summed E-state index contributed by atoms with van der Waals surface area (Å²) in [6.45, 7) is 0. The van der Waals surface area contributed by atoms with Crippen molar-refractivity contribution in [1.82, 2.24) is 0 Å². The molecule has 0 fully saturated rings. The predicted molar refractivity (Wildman–Crippen MR) is 42.7 cm³/mol. The second-order valence-corrected chi connectivity index (χ2v) is 3.06. The number of halogens is 2. The van der Waals surface area contributed by atoms with Crippen molar-refractivity contribution in [2.45, 2.75) is 19.3 Å². The van der Waals surface area contributed by atoms with Crippen molar-refractivity contribution in [2.24, 2.45) is 0 Å². The highest BCUT2D eigenvalue weighted by atomic mass is 19.1. The standard InChI is InChI=1S/C10H9F2/c11-8-5-7-3-1-2-4-9(7)10(12)6-8/h4-6H,1-3H2. The number of aryl methyl sites for hydroxylation is 1. The first-order chi connectivity index (χ1) is 5.77. The van der Waals surface area contributed by atoms with Gasteiger partial charge in [-0.1, -0.05) is 0 Å². The lowest BCUT2D eigenvalue weighted by molar-refractivity contribution is 0.566. The second kappa shape index (κ2) is 2.85. The molecule has 0 heterocycles. The van der Waals surface area contributed by atoms with Gasteiger partial charge in [-0.15, -0.1) is 0 Å². The van der Waals surface area contributed by atoms with Gasteiger partial charge in [0.05, 0.1) is 0 Å². The van der Waals surface area contributed by atoms with Crippen LogP contribution in [0.3, 0.4) is 0 Å². The van der Waals surface area contributed by atoms with Gasteiger partial charge >= 0.3 is 0 Å². The third-order valence-electron chi connectivity index (χ3n) is 2.18. The molecule has 0 atom stereocenters. The Morgan fingerprint density at radius 2 is 2.00 bits per heavy atom. The summed E-state index contributed by atoms with van der Waals surface area (Å²) in [7, 11) is 0. The first-order valence-corrected chi connectivity index (χ1v) is 4.08. The summed E-state index contributed by atoms with van der Waals surface area (Å²) in [6, 6.07) is 2.37. The molecule has 0 N–H and O–H groups in total. The molecule has 63 valence electrons. The molecule has 0 spiro atoms. The summed E-state index contributed by atoms with van der Waals surface area (Å²) < 4.78 is 25.8. The van der Waals surface area contributed by atoms with E-state index in [4.69, 9.17) is 0 Å². The molecular formula is C10H9F2. The summed E-state index contributed by atoms with van der Waals surface area (Å²) in [5.74, 6) is -0.897. The van der Waals surface area contributed by atoms with Gasteiger partial charge in [0.15, 0.2) is 0 Å². The zero-order valence-corrected chi connectivity index (χ0v) is 6.61. The molecule has 12 heavy (non-hydrogen) atoms. The summed E-state index contributed by atoms with van der Waals surface area (Å²) in [5, 5.41) is 0. The van der Waals surface area contributed by atoms with Gasteiger partial charge in [0.1, 0.15) is 11.6 Å². The van der Waals surface area contributed by atoms with Gasteiger partial charge in [-0.05, 0) is 42.9 Å². The molecule has 1 aromatic carbocycles. The predicted octanol–water partition coefficient (Wildman–Crippen LogP) is 2.85. The van der Waals surface area contributed by atoms with Crippen molar-refractivity contribution in [3.63, 3.8) is 0 Å². The number of hydrogen-bond acceptors (Lipinski definition) is 0. The molecule has 2 heteroatoms. The van der Waals surface area contributed by atoms with E-state index in [-0.39, 0.29) is 0 Å². The molecule has 2 rings (SSSR count). The normalized spacial score (nSPS) is 15.8. The monoisotopic (exact) mass is 167 g/mol. The SMILES string of the molecule is Fc1cc(F)c2c(c1)CCC[CH]2. The molecule has 1 aliphatic rings.